The molecule has 0 bridgehead atoms. The molecule has 86 valence electrons. The standard InChI is InChI=1S/C15H13ClO/c1-3-11-5-4-6-14(17-2)15(11)12-7-9-13(16)10-8-12/h3-10H,1H2,2H3. The Kier molecular flexibility index (Phi) is 3.50. The molecular formula is C15H13ClO. The van der Waals surface area contributed by atoms with Crippen LogP contribution in [0.1, 0.15) is 5.56 Å². The van der Waals surface area contributed by atoms with Crippen LogP contribution >= 0.6 is 11.6 Å². The SMILES string of the molecule is C=Cc1cccc(OC)c1-c1ccc(Cl)cc1. The lowest BCUT2D eigenvalue weighted by Gasteiger charge is -2.12. The fourth-order valence-electron chi connectivity index (χ4n) is 1.81. The predicted molar refractivity (Wildman–Crippen MR) is 73.5 cm³/mol. The van der Waals surface area contributed by atoms with Gasteiger partial charge in [0.1, 0.15) is 5.75 Å². The molecule has 0 aliphatic carbocycles. The van der Waals surface area contributed by atoms with Crippen molar-refractivity contribution in [3.8, 4) is 16.9 Å². The summed E-state index contributed by atoms with van der Waals surface area (Å²) >= 11 is 5.90. The second kappa shape index (κ2) is 5.07. The zero-order valence-corrected chi connectivity index (χ0v) is 10.4. The maximum absolute atomic E-state index is 5.90. The van der Waals surface area contributed by atoms with Crippen LogP contribution < -0.4 is 4.74 Å². The van der Waals surface area contributed by atoms with E-state index < -0.39 is 0 Å². The number of halogens is 1. The van der Waals surface area contributed by atoms with Gasteiger partial charge >= 0.3 is 0 Å². The summed E-state index contributed by atoms with van der Waals surface area (Å²) in [6, 6.07) is 13.6. The van der Waals surface area contributed by atoms with Crippen LogP contribution in [-0.2, 0) is 0 Å². The van der Waals surface area contributed by atoms with Gasteiger partial charge in [0.15, 0.2) is 0 Å². The van der Waals surface area contributed by atoms with Crippen LogP contribution in [0.2, 0.25) is 5.02 Å². The average molecular weight is 245 g/mol. The van der Waals surface area contributed by atoms with Crippen molar-refractivity contribution in [2.45, 2.75) is 0 Å². The average Bonchev–Trinajstić information content (AvgIpc) is 2.38. The highest BCUT2D eigenvalue weighted by molar-refractivity contribution is 6.30. The molecule has 0 amide bonds. The number of rotatable bonds is 3. The van der Waals surface area contributed by atoms with Gasteiger partial charge in [-0.05, 0) is 29.3 Å². The molecule has 17 heavy (non-hydrogen) atoms. The van der Waals surface area contributed by atoms with Gasteiger partial charge < -0.3 is 4.74 Å². The molecule has 0 N–H and O–H groups in total. The smallest absolute Gasteiger partial charge is 0.127 e. The Morgan fingerprint density at radius 1 is 1.12 bits per heavy atom. The van der Waals surface area contributed by atoms with E-state index in [1.165, 1.54) is 0 Å². The topological polar surface area (TPSA) is 9.23 Å². The monoisotopic (exact) mass is 244 g/mol. The first kappa shape index (κ1) is 11.7. The molecule has 2 aromatic rings. The minimum atomic E-state index is 0.726. The van der Waals surface area contributed by atoms with Crippen LogP contribution in [0.15, 0.2) is 49.0 Å². The number of ether oxygens (including phenoxy) is 1. The Labute approximate surface area is 106 Å². The molecule has 2 heteroatoms. The molecule has 0 fully saturated rings. The summed E-state index contributed by atoms with van der Waals surface area (Å²) in [5.74, 6) is 0.838. The molecule has 0 aliphatic heterocycles. The first-order valence-electron chi connectivity index (χ1n) is 5.31. The van der Waals surface area contributed by atoms with Gasteiger partial charge in [-0.25, -0.2) is 0 Å². The van der Waals surface area contributed by atoms with Gasteiger partial charge in [-0.3, -0.25) is 0 Å². The van der Waals surface area contributed by atoms with E-state index in [2.05, 4.69) is 6.58 Å². The molecule has 0 spiro atoms. The predicted octanol–water partition coefficient (Wildman–Crippen LogP) is 4.66. The van der Waals surface area contributed by atoms with E-state index in [4.69, 9.17) is 16.3 Å². The summed E-state index contributed by atoms with van der Waals surface area (Å²) in [6.07, 6.45) is 1.83. The first-order chi connectivity index (χ1) is 8.26. The summed E-state index contributed by atoms with van der Waals surface area (Å²) in [5.41, 5.74) is 3.16. The zero-order valence-electron chi connectivity index (χ0n) is 9.61. The number of hydrogen-bond acceptors (Lipinski definition) is 1. The molecule has 2 rings (SSSR count). The molecule has 0 aliphatic rings. The number of hydrogen-bond donors (Lipinski definition) is 0. The Hall–Kier alpha value is -1.73. The summed E-state index contributed by atoms with van der Waals surface area (Å²) in [4.78, 5) is 0. The highest BCUT2D eigenvalue weighted by atomic mass is 35.5. The molecule has 1 nitrogen and oxygen atoms in total. The van der Waals surface area contributed by atoms with E-state index in [1.54, 1.807) is 7.11 Å². The van der Waals surface area contributed by atoms with Gasteiger partial charge in [0, 0.05) is 10.6 Å². The number of methoxy groups -OCH3 is 1. The second-order valence-electron chi connectivity index (χ2n) is 3.64. The Morgan fingerprint density at radius 2 is 1.82 bits per heavy atom. The summed E-state index contributed by atoms with van der Waals surface area (Å²) in [6.45, 7) is 3.83. The fraction of sp³-hybridized carbons (Fsp3) is 0.0667. The maximum atomic E-state index is 5.90. The molecule has 0 saturated carbocycles. The van der Waals surface area contributed by atoms with Gasteiger partial charge in [0.05, 0.1) is 7.11 Å². The lowest BCUT2D eigenvalue weighted by Crippen LogP contribution is -1.90. The summed E-state index contributed by atoms with van der Waals surface area (Å²) in [7, 11) is 1.67. The molecule has 0 saturated heterocycles. The molecule has 0 radical (unpaired) electrons. The molecule has 0 heterocycles. The lowest BCUT2D eigenvalue weighted by atomic mass is 9.98. The van der Waals surface area contributed by atoms with E-state index in [0.29, 0.717) is 0 Å². The van der Waals surface area contributed by atoms with E-state index in [-0.39, 0.29) is 0 Å². The molecule has 0 unspecified atom stereocenters. The third kappa shape index (κ3) is 2.34. The van der Waals surface area contributed by atoms with Crippen LogP contribution in [0.5, 0.6) is 5.75 Å². The van der Waals surface area contributed by atoms with Crippen molar-refractivity contribution in [2.75, 3.05) is 7.11 Å². The zero-order chi connectivity index (χ0) is 12.3. The third-order valence-corrected chi connectivity index (χ3v) is 2.88. The Morgan fingerprint density at radius 3 is 2.41 bits per heavy atom. The van der Waals surface area contributed by atoms with Crippen molar-refractivity contribution in [2.24, 2.45) is 0 Å². The van der Waals surface area contributed by atoms with Crippen molar-refractivity contribution >= 4 is 17.7 Å². The highest BCUT2D eigenvalue weighted by Crippen LogP contribution is 2.34. The van der Waals surface area contributed by atoms with E-state index >= 15 is 0 Å². The van der Waals surface area contributed by atoms with Crippen molar-refractivity contribution in [3.63, 3.8) is 0 Å². The minimum Gasteiger partial charge on any atom is -0.496 e. The van der Waals surface area contributed by atoms with Crippen LogP contribution in [-0.4, -0.2) is 7.11 Å². The fourth-order valence-corrected chi connectivity index (χ4v) is 1.94. The van der Waals surface area contributed by atoms with E-state index in [1.807, 2.05) is 48.5 Å². The van der Waals surface area contributed by atoms with Crippen molar-refractivity contribution in [1.29, 1.82) is 0 Å². The first-order valence-corrected chi connectivity index (χ1v) is 5.69. The normalized spacial score (nSPS) is 10.0. The second-order valence-corrected chi connectivity index (χ2v) is 4.07. The molecular weight excluding hydrogens is 232 g/mol. The van der Waals surface area contributed by atoms with E-state index in [0.717, 1.165) is 27.5 Å². The lowest BCUT2D eigenvalue weighted by molar-refractivity contribution is 0.416. The van der Waals surface area contributed by atoms with Crippen LogP contribution in [0, 0.1) is 0 Å². The quantitative estimate of drug-likeness (QED) is 0.763. The molecule has 2 aromatic carbocycles. The van der Waals surface area contributed by atoms with Gasteiger partial charge in [0.2, 0.25) is 0 Å². The Balaban J connectivity index is 2.63. The summed E-state index contributed by atoms with van der Waals surface area (Å²) < 4.78 is 5.39. The van der Waals surface area contributed by atoms with Crippen molar-refractivity contribution < 1.29 is 4.74 Å². The molecule has 0 atom stereocenters. The molecule has 0 aromatic heterocycles. The number of benzene rings is 2. The van der Waals surface area contributed by atoms with Gasteiger partial charge in [-0.2, -0.15) is 0 Å². The van der Waals surface area contributed by atoms with Gasteiger partial charge in [0.25, 0.3) is 0 Å². The van der Waals surface area contributed by atoms with Gasteiger partial charge in [-0.1, -0.05) is 48.5 Å². The Bertz CT molecular complexity index is 529. The van der Waals surface area contributed by atoms with Crippen LogP contribution in [0.25, 0.3) is 17.2 Å². The largest absolute Gasteiger partial charge is 0.496 e. The highest BCUT2D eigenvalue weighted by Gasteiger charge is 2.09. The van der Waals surface area contributed by atoms with Crippen molar-refractivity contribution in [1.82, 2.24) is 0 Å². The van der Waals surface area contributed by atoms with E-state index in [9.17, 15) is 0 Å². The maximum Gasteiger partial charge on any atom is 0.127 e. The third-order valence-electron chi connectivity index (χ3n) is 2.63. The van der Waals surface area contributed by atoms with Crippen molar-refractivity contribution in [3.05, 3.63) is 59.6 Å². The van der Waals surface area contributed by atoms with Gasteiger partial charge in [-0.15, -0.1) is 0 Å². The summed E-state index contributed by atoms with van der Waals surface area (Å²) in [5, 5.41) is 0.726. The minimum absolute atomic E-state index is 0.726. The van der Waals surface area contributed by atoms with Crippen LogP contribution in [0.4, 0.5) is 0 Å². The van der Waals surface area contributed by atoms with Crippen LogP contribution in [0.3, 0.4) is 0 Å².